The van der Waals surface area contributed by atoms with Crippen LogP contribution in [0.25, 0.3) is 6.08 Å². The first kappa shape index (κ1) is 13.8. The van der Waals surface area contributed by atoms with E-state index in [1.54, 1.807) is 0 Å². The molecule has 0 amide bonds. The van der Waals surface area contributed by atoms with E-state index in [0.29, 0.717) is 0 Å². The molecule has 0 saturated carbocycles. The highest BCUT2D eigenvalue weighted by atomic mass is 35.5. The van der Waals surface area contributed by atoms with E-state index >= 15 is 0 Å². The number of carboxylic acids is 1. The third-order valence-electron chi connectivity index (χ3n) is 2.47. The first-order valence-corrected chi connectivity index (χ1v) is 5.35. The summed E-state index contributed by atoms with van der Waals surface area (Å²) in [6.45, 7) is 0. The zero-order valence-electron chi connectivity index (χ0n) is 9.16. The summed E-state index contributed by atoms with van der Waals surface area (Å²) in [5, 5.41) is 8.72. The monoisotopic (exact) mass is 288 g/mol. The highest BCUT2D eigenvalue weighted by Crippen LogP contribution is 2.40. The van der Waals surface area contributed by atoms with Crippen molar-refractivity contribution in [1.29, 1.82) is 0 Å². The third kappa shape index (κ3) is 2.56. The quantitative estimate of drug-likeness (QED) is 0.803. The molecule has 1 atom stereocenters. The van der Waals surface area contributed by atoms with E-state index in [1.165, 1.54) is 12.1 Å². The third-order valence-corrected chi connectivity index (χ3v) is 2.75. The molecule has 0 aromatic heterocycles. The Morgan fingerprint density at radius 3 is 2.58 bits per heavy atom. The maximum atomic E-state index is 12.8. The molecule has 0 aliphatic carbocycles. The lowest BCUT2D eigenvalue weighted by Gasteiger charge is -2.27. The predicted molar refractivity (Wildman–Crippen MR) is 62.9 cm³/mol. The minimum Gasteiger partial charge on any atom is -0.478 e. The molecule has 0 saturated heterocycles. The Morgan fingerprint density at radius 1 is 1.42 bits per heavy atom. The smallest absolute Gasteiger partial charge is 0.430 e. The van der Waals surface area contributed by atoms with Gasteiger partial charge in [-0.1, -0.05) is 23.1 Å². The number of carbonyl (C=O) groups is 1. The van der Waals surface area contributed by atoms with Crippen molar-refractivity contribution in [3.63, 3.8) is 0 Å². The summed E-state index contributed by atoms with van der Waals surface area (Å²) in [4.78, 5) is 10.9. The lowest BCUT2D eigenvalue weighted by atomic mass is 9.91. The molecule has 1 N–H and O–H groups in total. The van der Waals surface area contributed by atoms with Gasteiger partial charge < -0.3 is 9.84 Å². The van der Waals surface area contributed by atoms with E-state index < -0.39 is 23.8 Å². The Labute approximate surface area is 112 Å². The molecular weight excluding hydrogens is 283 g/mol. The topological polar surface area (TPSA) is 46.5 Å². The number of benzene rings is 1. The van der Waals surface area contributed by atoms with Crippen LogP contribution >= 0.6 is 11.6 Å². The number of hydrogen-bond donors (Lipinski definition) is 1. The number of hydrogen-bond acceptors (Lipinski definition) is 2. The lowest BCUT2D eigenvalue weighted by molar-refractivity contribution is -0.187. The molecule has 2 rings (SSSR count). The summed E-state index contributed by atoms with van der Waals surface area (Å²) in [5.74, 6) is -1.95. The second kappa shape index (κ2) is 4.49. The lowest BCUT2D eigenvalue weighted by Crippen LogP contribution is -2.40. The fraction of sp³-hybridized carbons (Fsp3) is 0.182. The van der Waals surface area contributed by atoms with Crippen molar-refractivity contribution in [2.45, 2.75) is 12.3 Å². The minimum absolute atomic E-state index is 0.0999. The van der Waals surface area contributed by atoms with Crippen LogP contribution in [0.4, 0.5) is 13.2 Å². The van der Waals surface area contributed by atoms with E-state index in [0.717, 1.165) is 6.08 Å². The number of rotatable bonds is 1. The van der Waals surface area contributed by atoms with Gasteiger partial charge in [-0.25, -0.2) is 4.79 Å². The molecule has 8 heteroatoms. The summed E-state index contributed by atoms with van der Waals surface area (Å²) in [7, 11) is 5.49. The summed E-state index contributed by atoms with van der Waals surface area (Å²) < 4.78 is 43.0. The number of ether oxygens (including phenoxy) is 1. The highest BCUT2D eigenvalue weighted by molar-refractivity contribution is 6.37. The Morgan fingerprint density at radius 2 is 2.05 bits per heavy atom. The van der Waals surface area contributed by atoms with Crippen LogP contribution in [0.5, 0.6) is 5.75 Å². The second-order valence-electron chi connectivity index (χ2n) is 3.87. The summed E-state index contributed by atoms with van der Waals surface area (Å²) in [6.07, 6.45) is -6.55. The maximum absolute atomic E-state index is 12.8. The number of fused-ring (bicyclic) bond motifs is 1. The molecule has 19 heavy (non-hydrogen) atoms. The highest BCUT2D eigenvalue weighted by Gasteiger charge is 2.48. The van der Waals surface area contributed by atoms with E-state index in [2.05, 4.69) is 0 Å². The van der Waals surface area contributed by atoms with Gasteiger partial charge in [0, 0.05) is 5.56 Å². The van der Waals surface area contributed by atoms with Crippen molar-refractivity contribution in [2.75, 3.05) is 0 Å². The van der Waals surface area contributed by atoms with Crippen molar-refractivity contribution in [3.8, 4) is 5.75 Å². The fourth-order valence-corrected chi connectivity index (χ4v) is 1.99. The van der Waals surface area contributed by atoms with Gasteiger partial charge in [-0.2, -0.15) is 13.2 Å². The number of halogens is 4. The molecule has 98 valence electrons. The average molecular weight is 288 g/mol. The summed E-state index contributed by atoms with van der Waals surface area (Å²) >= 11 is 5.74. The predicted octanol–water partition coefficient (Wildman–Crippen LogP) is 1.93. The van der Waals surface area contributed by atoms with Crippen LogP contribution in [-0.2, 0) is 4.79 Å². The molecule has 0 bridgehead atoms. The van der Waals surface area contributed by atoms with Crippen LogP contribution in [0.2, 0.25) is 5.02 Å². The van der Waals surface area contributed by atoms with Crippen LogP contribution in [0.3, 0.4) is 0 Å². The van der Waals surface area contributed by atoms with Crippen molar-refractivity contribution in [3.05, 3.63) is 28.3 Å². The normalized spacial score (nSPS) is 18.3. The molecule has 1 aromatic carbocycles. The average Bonchev–Trinajstić information content (AvgIpc) is 2.25. The SMILES string of the molecule is [B]c1cc(Cl)c2c(c1)C=C(C(=O)O)C(C(F)(F)F)O2. The summed E-state index contributed by atoms with van der Waals surface area (Å²) in [5.41, 5.74) is -0.622. The van der Waals surface area contributed by atoms with Gasteiger partial charge >= 0.3 is 12.1 Å². The molecule has 1 heterocycles. The number of carboxylic acid groups (broad SMARTS) is 1. The zero-order chi connectivity index (χ0) is 14.4. The van der Waals surface area contributed by atoms with Gasteiger partial charge in [0.1, 0.15) is 13.6 Å². The number of alkyl halides is 3. The Balaban J connectivity index is 2.61. The van der Waals surface area contributed by atoms with Gasteiger partial charge in [0.2, 0.25) is 6.10 Å². The fourth-order valence-electron chi connectivity index (χ4n) is 1.71. The molecule has 1 aliphatic heterocycles. The van der Waals surface area contributed by atoms with Gasteiger partial charge in [-0.15, -0.1) is 0 Å². The Kier molecular flexibility index (Phi) is 3.26. The molecule has 1 unspecified atom stereocenters. The van der Waals surface area contributed by atoms with Crippen LogP contribution in [0.1, 0.15) is 5.56 Å². The van der Waals surface area contributed by atoms with Crippen LogP contribution in [-0.4, -0.2) is 31.2 Å². The molecule has 3 nitrogen and oxygen atoms in total. The first-order chi connectivity index (χ1) is 8.70. The zero-order valence-corrected chi connectivity index (χ0v) is 9.92. The molecular formula is C11H5BClF3O3. The van der Waals surface area contributed by atoms with Gasteiger partial charge in [0.25, 0.3) is 0 Å². The Hall–Kier alpha value is -1.63. The van der Waals surface area contributed by atoms with Crippen molar-refractivity contribution in [2.24, 2.45) is 0 Å². The largest absolute Gasteiger partial charge is 0.478 e. The van der Waals surface area contributed by atoms with Crippen LogP contribution in [0.15, 0.2) is 17.7 Å². The van der Waals surface area contributed by atoms with Gasteiger partial charge in [0.05, 0.1) is 10.6 Å². The molecule has 0 spiro atoms. The van der Waals surface area contributed by atoms with E-state index in [4.69, 9.17) is 29.3 Å². The summed E-state index contributed by atoms with van der Waals surface area (Å²) in [6, 6.07) is 2.52. The molecule has 2 radical (unpaired) electrons. The van der Waals surface area contributed by atoms with E-state index in [-0.39, 0.29) is 21.8 Å². The van der Waals surface area contributed by atoms with Crippen molar-refractivity contribution < 1.29 is 27.8 Å². The maximum Gasteiger partial charge on any atom is 0.430 e. The van der Waals surface area contributed by atoms with Crippen LogP contribution < -0.4 is 10.2 Å². The van der Waals surface area contributed by atoms with Crippen LogP contribution in [0, 0.1) is 0 Å². The van der Waals surface area contributed by atoms with Crippen molar-refractivity contribution in [1.82, 2.24) is 0 Å². The standard InChI is InChI=1S/C11H5BClF3O3/c12-5-1-4-2-6(10(17)18)9(11(14,15)16)19-8(4)7(13)3-5/h1-3,9H,(H,17,18). The van der Waals surface area contributed by atoms with Gasteiger partial charge in [0.15, 0.2) is 0 Å². The van der Waals surface area contributed by atoms with E-state index in [9.17, 15) is 18.0 Å². The minimum atomic E-state index is -4.85. The molecule has 0 fully saturated rings. The second-order valence-corrected chi connectivity index (χ2v) is 4.27. The molecule has 1 aromatic rings. The van der Waals surface area contributed by atoms with Gasteiger partial charge in [-0.05, 0) is 12.1 Å². The van der Waals surface area contributed by atoms with Gasteiger partial charge in [-0.3, -0.25) is 0 Å². The Bertz CT molecular complexity index is 583. The molecule has 1 aliphatic rings. The van der Waals surface area contributed by atoms with Crippen molar-refractivity contribution >= 4 is 37.0 Å². The first-order valence-electron chi connectivity index (χ1n) is 4.97. The van der Waals surface area contributed by atoms with E-state index in [1.807, 2.05) is 0 Å². The number of aliphatic carboxylic acids is 1.